The second-order valence-corrected chi connectivity index (χ2v) is 5.93. The maximum Gasteiger partial charge on any atom is 0.287 e. The van der Waals surface area contributed by atoms with Crippen LogP contribution in [0.2, 0.25) is 10.0 Å². The van der Waals surface area contributed by atoms with Crippen LogP contribution in [0.15, 0.2) is 39.7 Å². The lowest BCUT2D eigenvalue weighted by Gasteiger charge is -2.09. The number of nitrogens with one attached hydrogen (secondary N) is 1. The molecule has 0 unspecified atom stereocenters. The second kappa shape index (κ2) is 6.60. The molecule has 8 heteroatoms. The van der Waals surface area contributed by atoms with E-state index in [4.69, 9.17) is 23.2 Å². The van der Waals surface area contributed by atoms with Crippen LogP contribution in [0.4, 0.5) is 10.1 Å². The van der Waals surface area contributed by atoms with E-state index in [1.54, 1.807) is 0 Å². The average molecular weight is 394 g/mol. The Bertz CT molecular complexity index is 744. The van der Waals surface area contributed by atoms with E-state index < -0.39 is 17.3 Å². The Morgan fingerprint density at radius 2 is 1.86 bits per heavy atom. The van der Waals surface area contributed by atoms with E-state index in [0.29, 0.717) is 20.2 Å². The summed E-state index contributed by atoms with van der Waals surface area (Å²) in [4.78, 5) is 23.4. The molecule has 0 atom stereocenters. The van der Waals surface area contributed by atoms with Crippen LogP contribution in [0.25, 0.3) is 0 Å². The van der Waals surface area contributed by atoms with Gasteiger partial charge < -0.3 is 9.88 Å². The Labute approximate surface area is 137 Å². The minimum Gasteiger partial charge on any atom is -0.324 e. The van der Waals surface area contributed by atoms with E-state index in [2.05, 4.69) is 21.2 Å². The molecule has 0 saturated heterocycles. The molecule has 2 rings (SSSR count). The van der Waals surface area contributed by atoms with Crippen molar-refractivity contribution in [3.63, 3.8) is 0 Å². The van der Waals surface area contributed by atoms with Gasteiger partial charge in [-0.2, -0.15) is 0 Å². The third-order valence-corrected chi connectivity index (χ3v) is 3.34. The lowest BCUT2D eigenvalue weighted by atomic mass is 10.3. The maximum absolute atomic E-state index is 13.3. The first-order valence-electron chi connectivity index (χ1n) is 5.66. The Kier molecular flexibility index (Phi) is 5.03. The summed E-state index contributed by atoms with van der Waals surface area (Å²) in [6.07, 6.45) is 1.33. The number of aromatic nitrogens is 1. The third-order valence-electron chi connectivity index (χ3n) is 2.47. The van der Waals surface area contributed by atoms with Crippen molar-refractivity contribution >= 4 is 50.7 Å². The molecule has 0 spiro atoms. The first-order valence-corrected chi connectivity index (χ1v) is 7.21. The van der Waals surface area contributed by atoms with Crippen LogP contribution in [-0.2, 0) is 11.3 Å². The van der Waals surface area contributed by atoms with Crippen molar-refractivity contribution in [3.8, 4) is 0 Å². The van der Waals surface area contributed by atoms with Gasteiger partial charge in [0, 0.05) is 26.4 Å². The highest BCUT2D eigenvalue weighted by Crippen LogP contribution is 2.22. The fourth-order valence-electron chi connectivity index (χ4n) is 1.66. The standard InChI is InChI=1S/C13H8BrCl2FN2O2/c14-7-1-11(17)13(21)19(5-7)6-12(20)18-10-3-8(15)2-9(16)4-10/h1-5H,6H2,(H,18,20). The van der Waals surface area contributed by atoms with Gasteiger partial charge in [0.25, 0.3) is 5.56 Å². The molecule has 21 heavy (non-hydrogen) atoms. The Hall–Kier alpha value is -1.37. The third kappa shape index (κ3) is 4.30. The Morgan fingerprint density at radius 1 is 1.24 bits per heavy atom. The molecule has 0 bridgehead atoms. The number of pyridine rings is 1. The zero-order valence-electron chi connectivity index (χ0n) is 10.4. The van der Waals surface area contributed by atoms with Gasteiger partial charge in [0.15, 0.2) is 5.82 Å². The Balaban J connectivity index is 2.17. The van der Waals surface area contributed by atoms with Gasteiger partial charge in [-0.1, -0.05) is 23.2 Å². The number of amides is 1. The van der Waals surface area contributed by atoms with Gasteiger partial charge in [-0.15, -0.1) is 0 Å². The topological polar surface area (TPSA) is 51.1 Å². The zero-order valence-corrected chi connectivity index (χ0v) is 13.5. The van der Waals surface area contributed by atoms with Crippen molar-refractivity contribution < 1.29 is 9.18 Å². The van der Waals surface area contributed by atoms with Crippen molar-refractivity contribution in [2.75, 3.05) is 5.32 Å². The Morgan fingerprint density at radius 3 is 2.48 bits per heavy atom. The summed E-state index contributed by atoms with van der Waals surface area (Å²) >= 11 is 14.7. The maximum atomic E-state index is 13.3. The second-order valence-electron chi connectivity index (χ2n) is 4.15. The predicted octanol–water partition coefficient (Wildman–Crippen LogP) is 3.70. The summed E-state index contributed by atoms with van der Waals surface area (Å²) in [6, 6.07) is 5.58. The molecule has 0 aliphatic heterocycles. The molecule has 0 aliphatic carbocycles. The first-order chi connectivity index (χ1) is 9.85. The summed E-state index contributed by atoms with van der Waals surface area (Å²) in [6.45, 7) is -0.334. The van der Waals surface area contributed by atoms with Gasteiger partial charge in [0.05, 0.1) is 0 Å². The number of carbonyl (C=O) groups excluding carboxylic acids is 1. The summed E-state index contributed by atoms with van der Waals surface area (Å²) < 4.78 is 14.6. The highest BCUT2D eigenvalue weighted by molar-refractivity contribution is 9.10. The van der Waals surface area contributed by atoms with Crippen LogP contribution in [0.1, 0.15) is 0 Å². The molecule has 1 aromatic heterocycles. The molecule has 0 fully saturated rings. The van der Waals surface area contributed by atoms with Crippen LogP contribution >= 0.6 is 39.1 Å². The number of hydrogen-bond acceptors (Lipinski definition) is 2. The van der Waals surface area contributed by atoms with Gasteiger partial charge in [-0.25, -0.2) is 4.39 Å². The van der Waals surface area contributed by atoms with Crippen LogP contribution in [0.3, 0.4) is 0 Å². The van der Waals surface area contributed by atoms with E-state index in [-0.39, 0.29) is 6.54 Å². The smallest absolute Gasteiger partial charge is 0.287 e. The number of nitrogens with zero attached hydrogens (tertiary/aromatic N) is 1. The SMILES string of the molecule is O=C(Cn1cc(Br)cc(F)c1=O)Nc1cc(Cl)cc(Cl)c1. The normalized spacial score (nSPS) is 10.5. The molecule has 0 radical (unpaired) electrons. The summed E-state index contributed by atoms with van der Waals surface area (Å²) in [5, 5.41) is 3.26. The lowest BCUT2D eigenvalue weighted by molar-refractivity contribution is -0.116. The minimum atomic E-state index is -0.942. The zero-order chi connectivity index (χ0) is 15.6. The molecule has 2 aromatic rings. The van der Waals surface area contributed by atoms with Gasteiger partial charge in [-0.05, 0) is 40.2 Å². The van der Waals surface area contributed by atoms with Gasteiger partial charge in [0.1, 0.15) is 6.54 Å². The molecule has 1 amide bonds. The van der Waals surface area contributed by atoms with Crippen LogP contribution in [-0.4, -0.2) is 10.5 Å². The number of rotatable bonds is 3. The van der Waals surface area contributed by atoms with Gasteiger partial charge >= 0.3 is 0 Å². The summed E-state index contributed by atoms with van der Waals surface area (Å²) in [7, 11) is 0. The molecular formula is C13H8BrCl2FN2O2. The van der Waals surface area contributed by atoms with Crippen molar-refractivity contribution in [2.45, 2.75) is 6.54 Å². The summed E-state index contributed by atoms with van der Waals surface area (Å²) in [5.41, 5.74) is -0.488. The number of carbonyl (C=O) groups is 1. The molecular weight excluding hydrogens is 386 g/mol. The summed E-state index contributed by atoms with van der Waals surface area (Å²) in [5.74, 6) is -1.45. The number of anilines is 1. The first kappa shape index (κ1) is 16.0. The van der Waals surface area contributed by atoms with Crippen molar-refractivity contribution in [2.24, 2.45) is 0 Å². The molecule has 1 N–H and O–H groups in total. The minimum absolute atomic E-state index is 0.334. The largest absolute Gasteiger partial charge is 0.324 e. The lowest BCUT2D eigenvalue weighted by Crippen LogP contribution is -2.29. The van der Waals surface area contributed by atoms with E-state index in [0.717, 1.165) is 10.6 Å². The number of hydrogen-bond donors (Lipinski definition) is 1. The van der Waals surface area contributed by atoms with Crippen molar-refractivity contribution in [3.05, 3.63) is 61.2 Å². The molecule has 1 aromatic carbocycles. The van der Waals surface area contributed by atoms with E-state index in [9.17, 15) is 14.0 Å². The average Bonchev–Trinajstić information content (AvgIpc) is 2.33. The van der Waals surface area contributed by atoms with Crippen LogP contribution < -0.4 is 10.9 Å². The van der Waals surface area contributed by atoms with Crippen LogP contribution in [0, 0.1) is 5.82 Å². The number of halogens is 4. The quantitative estimate of drug-likeness (QED) is 0.864. The molecule has 0 saturated carbocycles. The van der Waals surface area contributed by atoms with E-state index >= 15 is 0 Å². The number of benzene rings is 1. The van der Waals surface area contributed by atoms with E-state index in [1.165, 1.54) is 24.4 Å². The molecule has 110 valence electrons. The fourth-order valence-corrected chi connectivity index (χ4v) is 2.64. The van der Waals surface area contributed by atoms with E-state index in [1.807, 2.05) is 0 Å². The highest BCUT2D eigenvalue weighted by Gasteiger charge is 2.10. The van der Waals surface area contributed by atoms with Crippen molar-refractivity contribution in [1.29, 1.82) is 0 Å². The fraction of sp³-hybridized carbons (Fsp3) is 0.0769. The molecule has 1 heterocycles. The van der Waals surface area contributed by atoms with Gasteiger partial charge in [-0.3, -0.25) is 9.59 Å². The van der Waals surface area contributed by atoms with Crippen molar-refractivity contribution in [1.82, 2.24) is 4.57 Å². The molecule has 0 aliphatic rings. The van der Waals surface area contributed by atoms with Gasteiger partial charge in [0.2, 0.25) is 5.91 Å². The van der Waals surface area contributed by atoms with Crippen LogP contribution in [0.5, 0.6) is 0 Å². The molecule has 4 nitrogen and oxygen atoms in total. The highest BCUT2D eigenvalue weighted by atomic mass is 79.9. The monoisotopic (exact) mass is 392 g/mol. The predicted molar refractivity (Wildman–Crippen MR) is 83.5 cm³/mol.